The van der Waals surface area contributed by atoms with E-state index in [1.807, 2.05) is 18.2 Å². The van der Waals surface area contributed by atoms with Crippen LogP contribution in [0.15, 0.2) is 41.1 Å². The summed E-state index contributed by atoms with van der Waals surface area (Å²) in [6, 6.07) is 5.59. The fraction of sp³-hybridized carbons (Fsp3) is 0.524. The number of hydrogen-bond donors (Lipinski definition) is 1. The van der Waals surface area contributed by atoms with Crippen molar-refractivity contribution in [1.82, 2.24) is 9.80 Å². The number of halogens is 1. The minimum absolute atomic E-state index is 0.192. The van der Waals surface area contributed by atoms with Crippen molar-refractivity contribution in [2.24, 2.45) is 0 Å². The van der Waals surface area contributed by atoms with Crippen LogP contribution in [0.4, 0.5) is 0 Å². The monoisotopic (exact) mass is 392 g/mol. The number of phenolic OH excluding ortho intramolecular Hbond substituents is 1. The first-order valence-corrected chi connectivity index (χ1v) is 10.0. The van der Waals surface area contributed by atoms with Gasteiger partial charge in [0.25, 0.3) is 0 Å². The summed E-state index contributed by atoms with van der Waals surface area (Å²) in [4.78, 5) is 4.93. The summed E-state index contributed by atoms with van der Waals surface area (Å²) < 4.78 is 11.0. The Balaban J connectivity index is 1.34. The van der Waals surface area contributed by atoms with Crippen molar-refractivity contribution in [1.29, 1.82) is 0 Å². The molecule has 0 saturated carbocycles. The number of aromatic hydroxyl groups is 1. The number of phenols is 1. The van der Waals surface area contributed by atoms with Crippen molar-refractivity contribution >= 4 is 11.6 Å². The predicted octanol–water partition coefficient (Wildman–Crippen LogP) is 3.38. The minimum atomic E-state index is 0.192. The van der Waals surface area contributed by atoms with E-state index in [1.165, 1.54) is 5.56 Å². The second kappa shape index (κ2) is 10.0. The Morgan fingerprint density at radius 1 is 1.04 bits per heavy atom. The quantitative estimate of drug-likeness (QED) is 0.734. The number of benzene rings is 1. The molecule has 0 radical (unpaired) electrons. The molecular weight excluding hydrogens is 364 g/mol. The Hall–Kier alpha value is -1.69. The van der Waals surface area contributed by atoms with Gasteiger partial charge in [0.15, 0.2) is 11.5 Å². The average molecular weight is 393 g/mol. The van der Waals surface area contributed by atoms with Gasteiger partial charge in [0, 0.05) is 39.3 Å². The first-order valence-electron chi connectivity index (χ1n) is 9.65. The van der Waals surface area contributed by atoms with Gasteiger partial charge in [0.2, 0.25) is 0 Å². The van der Waals surface area contributed by atoms with Crippen LogP contribution >= 0.6 is 11.6 Å². The molecule has 0 amide bonds. The van der Waals surface area contributed by atoms with Crippen molar-refractivity contribution in [3.63, 3.8) is 0 Å². The van der Waals surface area contributed by atoms with Crippen molar-refractivity contribution in [2.45, 2.75) is 19.3 Å². The Kier molecular flexibility index (Phi) is 7.44. The fourth-order valence-electron chi connectivity index (χ4n) is 3.44. The van der Waals surface area contributed by atoms with Gasteiger partial charge in [-0.25, -0.2) is 0 Å². The van der Waals surface area contributed by atoms with E-state index in [0.29, 0.717) is 12.4 Å². The molecule has 1 N–H and O–H groups in total. The third kappa shape index (κ3) is 5.89. The first-order chi connectivity index (χ1) is 13.2. The summed E-state index contributed by atoms with van der Waals surface area (Å²) in [6.45, 7) is 6.90. The smallest absolute Gasteiger partial charge is 0.160 e. The standard InChI is InChI=1S/C21H29ClN2O3/c1-26-21-16-17(6-7-19(21)25)8-9-23-10-12-24(13-11-23)14-15-27-20-5-3-2-4-18(20)22/h4-7,16,25H,2-3,8-15H2,1H3. The molecular formula is C21H29ClN2O3. The van der Waals surface area contributed by atoms with Crippen molar-refractivity contribution in [2.75, 3.05) is 53.0 Å². The number of hydrogen-bond acceptors (Lipinski definition) is 5. The van der Waals surface area contributed by atoms with Gasteiger partial charge in [-0.05, 0) is 43.0 Å². The molecule has 3 rings (SSSR count). The van der Waals surface area contributed by atoms with Crippen LogP contribution in [-0.2, 0) is 11.2 Å². The van der Waals surface area contributed by atoms with E-state index in [1.54, 1.807) is 13.2 Å². The summed E-state index contributed by atoms with van der Waals surface area (Å²) in [5, 5.41) is 10.4. The lowest BCUT2D eigenvalue weighted by Gasteiger charge is -2.34. The van der Waals surface area contributed by atoms with Gasteiger partial charge in [-0.15, -0.1) is 0 Å². The lowest BCUT2D eigenvalue weighted by Crippen LogP contribution is -2.47. The Morgan fingerprint density at radius 3 is 2.44 bits per heavy atom. The van der Waals surface area contributed by atoms with Gasteiger partial charge in [-0.3, -0.25) is 4.90 Å². The molecule has 1 heterocycles. The Bertz CT molecular complexity index is 682. The molecule has 2 aliphatic rings. The van der Waals surface area contributed by atoms with Crippen LogP contribution in [0.3, 0.4) is 0 Å². The molecule has 0 bridgehead atoms. The van der Waals surface area contributed by atoms with Crippen LogP contribution in [0.5, 0.6) is 11.5 Å². The van der Waals surface area contributed by atoms with Crippen molar-refractivity contribution in [3.8, 4) is 11.5 Å². The van der Waals surface area contributed by atoms with Crippen LogP contribution in [0, 0.1) is 0 Å². The van der Waals surface area contributed by atoms with Crippen LogP contribution in [-0.4, -0.2) is 67.9 Å². The van der Waals surface area contributed by atoms with E-state index in [2.05, 4.69) is 15.9 Å². The zero-order chi connectivity index (χ0) is 19.1. The van der Waals surface area contributed by atoms with Gasteiger partial charge in [0.1, 0.15) is 12.4 Å². The van der Waals surface area contributed by atoms with Crippen molar-refractivity contribution < 1.29 is 14.6 Å². The maximum atomic E-state index is 9.68. The molecule has 148 valence electrons. The van der Waals surface area contributed by atoms with Crippen LogP contribution in [0.2, 0.25) is 0 Å². The normalized spacial score (nSPS) is 18.7. The third-order valence-corrected chi connectivity index (χ3v) is 5.49. The van der Waals surface area contributed by atoms with Crippen LogP contribution in [0.1, 0.15) is 18.4 Å². The Labute approximate surface area is 166 Å². The summed E-state index contributed by atoms with van der Waals surface area (Å²) in [6.07, 6.45) is 7.08. The SMILES string of the molecule is COc1cc(CCN2CCN(CCOC3=CCCC=C3Cl)CC2)ccc1O. The minimum Gasteiger partial charge on any atom is -0.504 e. The van der Waals surface area contributed by atoms with Crippen molar-refractivity contribution in [3.05, 3.63) is 46.7 Å². The molecule has 1 saturated heterocycles. The van der Waals surface area contributed by atoms with Crippen LogP contribution in [0.25, 0.3) is 0 Å². The molecule has 0 spiro atoms. The molecule has 1 aromatic rings. The largest absolute Gasteiger partial charge is 0.504 e. The van der Waals surface area contributed by atoms with Gasteiger partial charge >= 0.3 is 0 Å². The molecule has 0 atom stereocenters. The number of nitrogens with zero attached hydrogens (tertiary/aromatic N) is 2. The highest BCUT2D eigenvalue weighted by Crippen LogP contribution is 2.26. The first kappa shape index (κ1) is 20.1. The summed E-state index contributed by atoms with van der Waals surface area (Å²) in [5.74, 6) is 1.57. The highest BCUT2D eigenvalue weighted by molar-refractivity contribution is 6.31. The molecule has 0 aromatic heterocycles. The third-order valence-electron chi connectivity index (χ3n) is 5.15. The van der Waals surface area contributed by atoms with E-state index >= 15 is 0 Å². The lowest BCUT2D eigenvalue weighted by molar-refractivity contribution is 0.103. The van der Waals surface area contributed by atoms with E-state index in [4.69, 9.17) is 21.1 Å². The number of piperazine rings is 1. The average Bonchev–Trinajstić information content (AvgIpc) is 2.70. The van der Waals surface area contributed by atoms with Crippen LogP contribution < -0.4 is 4.74 Å². The van der Waals surface area contributed by atoms with Gasteiger partial charge in [0.05, 0.1) is 12.1 Å². The second-order valence-electron chi connectivity index (χ2n) is 6.99. The molecule has 6 heteroatoms. The van der Waals surface area contributed by atoms with E-state index in [0.717, 1.165) is 69.3 Å². The van der Waals surface area contributed by atoms with E-state index in [9.17, 15) is 5.11 Å². The maximum absolute atomic E-state index is 9.68. The highest BCUT2D eigenvalue weighted by atomic mass is 35.5. The fourth-order valence-corrected chi connectivity index (χ4v) is 3.68. The topological polar surface area (TPSA) is 45.2 Å². The molecule has 1 fully saturated rings. The maximum Gasteiger partial charge on any atom is 0.160 e. The highest BCUT2D eigenvalue weighted by Gasteiger charge is 2.17. The molecule has 27 heavy (non-hydrogen) atoms. The molecule has 5 nitrogen and oxygen atoms in total. The molecule has 1 aromatic carbocycles. The van der Waals surface area contributed by atoms with Gasteiger partial charge < -0.3 is 19.5 Å². The summed E-state index contributed by atoms with van der Waals surface area (Å²) in [5.41, 5.74) is 1.19. The summed E-state index contributed by atoms with van der Waals surface area (Å²) >= 11 is 6.16. The molecule has 1 aliphatic carbocycles. The van der Waals surface area contributed by atoms with E-state index < -0.39 is 0 Å². The number of methoxy groups -OCH3 is 1. The Morgan fingerprint density at radius 2 is 1.74 bits per heavy atom. The van der Waals surface area contributed by atoms with Gasteiger partial charge in [-0.1, -0.05) is 23.7 Å². The zero-order valence-corrected chi connectivity index (χ0v) is 16.7. The summed E-state index contributed by atoms with van der Waals surface area (Å²) in [7, 11) is 1.58. The lowest BCUT2D eigenvalue weighted by atomic mass is 10.1. The number of ether oxygens (including phenoxy) is 2. The molecule has 1 aliphatic heterocycles. The predicted molar refractivity (Wildman–Crippen MR) is 108 cm³/mol. The second-order valence-corrected chi connectivity index (χ2v) is 7.39. The van der Waals surface area contributed by atoms with Gasteiger partial charge in [-0.2, -0.15) is 0 Å². The molecule has 0 unspecified atom stereocenters. The zero-order valence-electron chi connectivity index (χ0n) is 16.0. The van der Waals surface area contributed by atoms with E-state index in [-0.39, 0.29) is 5.75 Å². The number of rotatable bonds is 8. The number of allylic oxidation sites excluding steroid dienone is 3.